The molecule has 1 fully saturated rings. The molecular weight excluding hydrogens is 340 g/mol. The summed E-state index contributed by atoms with van der Waals surface area (Å²) in [7, 11) is 0. The van der Waals surface area contributed by atoms with Crippen molar-refractivity contribution in [1.29, 1.82) is 0 Å². The van der Waals surface area contributed by atoms with Gasteiger partial charge in [0.25, 0.3) is 0 Å². The van der Waals surface area contributed by atoms with Gasteiger partial charge in [0.2, 0.25) is 11.8 Å². The fourth-order valence-electron chi connectivity index (χ4n) is 2.23. The van der Waals surface area contributed by atoms with E-state index in [2.05, 4.69) is 21.2 Å². The van der Waals surface area contributed by atoms with E-state index in [9.17, 15) is 9.59 Å². The zero-order chi connectivity index (χ0) is 15.1. The van der Waals surface area contributed by atoms with Crippen LogP contribution in [0.25, 0.3) is 0 Å². The van der Waals surface area contributed by atoms with Gasteiger partial charge >= 0.3 is 0 Å². The molecule has 0 radical (unpaired) electrons. The largest absolute Gasteiger partial charge is 0.340 e. The fourth-order valence-corrected chi connectivity index (χ4v) is 3.67. The van der Waals surface area contributed by atoms with Crippen molar-refractivity contribution in [1.82, 2.24) is 10.2 Å². The van der Waals surface area contributed by atoms with Gasteiger partial charge in [-0.2, -0.15) is 0 Å². The Hall–Kier alpha value is -0.880. The Labute approximate surface area is 131 Å². The van der Waals surface area contributed by atoms with Crippen LogP contribution in [-0.2, 0) is 16.1 Å². The molecule has 2 amide bonds. The summed E-state index contributed by atoms with van der Waals surface area (Å²) < 4.78 is 1.00. The lowest BCUT2D eigenvalue weighted by atomic mass is 9.86. The van der Waals surface area contributed by atoms with Crippen molar-refractivity contribution in [2.24, 2.45) is 0 Å². The van der Waals surface area contributed by atoms with Crippen molar-refractivity contribution in [3.8, 4) is 0 Å². The van der Waals surface area contributed by atoms with E-state index >= 15 is 0 Å². The minimum Gasteiger partial charge on any atom is -0.340 e. The van der Waals surface area contributed by atoms with Crippen LogP contribution in [0, 0.1) is 0 Å². The monoisotopic (exact) mass is 358 g/mol. The normalized spacial score (nSPS) is 25.8. The van der Waals surface area contributed by atoms with Crippen molar-refractivity contribution >= 4 is 39.1 Å². The molecule has 1 aliphatic heterocycles. The summed E-state index contributed by atoms with van der Waals surface area (Å²) in [5, 5.41) is 4.85. The highest BCUT2D eigenvalue weighted by Gasteiger charge is 2.51. The van der Waals surface area contributed by atoms with Crippen LogP contribution < -0.4 is 5.32 Å². The predicted octanol–water partition coefficient (Wildman–Crippen LogP) is 2.92. The van der Waals surface area contributed by atoms with Crippen LogP contribution in [0.15, 0.2) is 15.9 Å². The quantitative estimate of drug-likeness (QED) is 0.902. The molecule has 0 aliphatic carbocycles. The second-order valence-electron chi connectivity index (χ2n) is 5.82. The Balaban J connectivity index is 2.35. The van der Waals surface area contributed by atoms with Crippen LogP contribution in [0.5, 0.6) is 0 Å². The highest BCUT2D eigenvalue weighted by atomic mass is 79.9. The number of nitrogens with zero attached hydrogens (tertiary/aromatic N) is 1. The van der Waals surface area contributed by atoms with Gasteiger partial charge in [-0.15, -0.1) is 11.3 Å². The zero-order valence-corrected chi connectivity index (χ0v) is 14.5. The number of nitrogens with one attached hydrogen (secondary N) is 1. The summed E-state index contributed by atoms with van der Waals surface area (Å²) in [4.78, 5) is 27.8. The first-order valence-electron chi connectivity index (χ1n) is 6.58. The third kappa shape index (κ3) is 2.51. The Morgan fingerprint density at radius 1 is 1.35 bits per heavy atom. The van der Waals surface area contributed by atoms with E-state index in [1.165, 1.54) is 0 Å². The average Bonchev–Trinajstić information content (AvgIpc) is 2.78. The molecule has 2 heterocycles. The smallest absolute Gasteiger partial charge is 0.249 e. The standard InChI is InChI=1S/C14H19BrN2O2S/c1-5-14(4)12(19)17(13(2,3)11(18)16-14)7-10-6-9(15)8-20-10/h6,8H,5,7H2,1-4H3,(H,16,18). The van der Waals surface area contributed by atoms with E-state index < -0.39 is 11.1 Å². The van der Waals surface area contributed by atoms with Crippen LogP contribution in [0.1, 0.15) is 39.0 Å². The van der Waals surface area contributed by atoms with Crippen molar-refractivity contribution in [2.75, 3.05) is 0 Å². The number of hydrogen-bond acceptors (Lipinski definition) is 3. The van der Waals surface area contributed by atoms with Gasteiger partial charge in [-0.05, 0) is 49.2 Å². The van der Waals surface area contributed by atoms with Crippen LogP contribution in [0.2, 0.25) is 0 Å². The summed E-state index contributed by atoms with van der Waals surface area (Å²) in [6, 6.07) is 1.99. The van der Waals surface area contributed by atoms with Gasteiger partial charge in [0.1, 0.15) is 11.1 Å². The van der Waals surface area contributed by atoms with E-state index in [0.717, 1.165) is 9.35 Å². The van der Waals surface area contributed by atoms with Crippen molar-refractivity contribution in [2.45, 2.75) is 51.7 Å². The first-order chi connectivity index (χ1) is 9.20. The van der Waals surface area contributed by atoms with E-state index in [-0.39, 0.29) is 11.8 Å². The Morgan fingerprint density at radius 3 is 2.50 bits per heavy atom. The first kappa shape index (κ1) is 15.5. The highest BCUT2D eigenvalue weighted by molar-refractivity contribution is 9.10. The number of halogens is 1. The third-order valence-corrected chi connectivity index (χ3v) is 5.66. The number of piperazine rings is 1. The average molecular weight is 359 g/mol. The zero-order valence-electron chi connectivity index (χ0n) is 12.1. The van der Waals surface area contributed by atoms with E-state index in [4.69, 9.17) is 0 Å². The number of thiophene rings is 1. The van der Waals surface area contributed by atoms with Gasteiger partial charge in [0.15, 0.2) is 0 Å². The van der Waals surface area contributed by atoms with Crippen LogP contribution in [-0.4, -0.2) is 27.8 Å². The summed E-state index contributed by atoms with van der Waals surface area (Å²) in [5.74, 6) is -0.119. The molecule has 2 rings (SSSR count). The van der Waals surface area contributed by atoms with Gasteiger partial charge in [-0.25, -0.2) is 0 Å². The summed E-state index contributed by atoms with van der Waals surface area (Å²) in [6.45, 7) is 7.75. The molecule has 4 nitrogen and oxygen atoms in total. The predicted molar refractivity (Wildman–Crippen MR) is 83.5 cm³/mol. The molecule has 1 N–H and O–H groups in total. The molecule has 1 saturated heterocycles. The first-order valence-corrected chi connectivity index (χ1v) is 8.25. The molecule has 0 spiro atoms. The summed E-state index contributed by atoms with van der Waals surface area (Å²) >= 11 is 5.00. The molecule has 1 aromatic heterocycles. The van der Waals surface area contributed by atoms with Crippen LogP contribution in [0.4, 0.5) is 0 Å². The second kappa shape index (κ2) is 5.15. The number of rotatable bonds is 3. The van der Waals surface area contributed by atoms with Crippen molar-refractivity contribution in [3.63, 3.8) is 0 Å². The van der Waals surface area contributed by atoms with Crippen molar-refractivity contribution < 1.29 is 9.59 Å². The van der Waals surface area contributed by atoms with E-state index in [0.29, 0.717) is 13.0 Å². The number of carbonyl (C=O) groups is 2. The maximum atomic E-state index is 12.8. The van der Waals surface area contributed by atoms with Gasteiger partial charge in [-0.3, -0.25) is 9.59 Å². The molecular formula is C14H19BrN2O2S. The molecule has 1 unspecified atom stereocenters. The molecule has 0 saturated carbocycles. The lowest BCUT2D eigenvalue weighted by Gasteiger charge is -2.48. The number of amides is 2. The van der Waals surface area contributed by atoms with Crippen molar-refractivity contribution in [3.05, 3.63) is 20.8 Å². The maximum Gasteiger partial charge on any atom is 0.249 e. The minimum absolute atomic E-state index is 0.0193. The summed E-state index contributed by atoms with van der Waals surface area (Å²) in [6.07, 6.45) is 0.582. The van der Waals surface area contributed by atoms with Gasteiger partial charge in [-0.1, -0.05) is 6.92 Å². The Bertz CT molecular complexity index is 555. The third-order valence-electron chi connectivity index (χ3n) is 3.98. The highest BCUT2D eigenvalue weighted by Crippen LogP contribution is 2.31. The van der Waals surface area contributed by atoms with Crippen LogP contribution >= 0.6 is 27.3 Å². The molecule has 1 atom stereocenters. The molecule has 110 valence electrons. The SMILES string of the molecule is CCC1(C)NC(=O)C(C)(C)N(Cc2cc(Br)cs2)C1=O. The number of carbonyl (C=O) groups excluding carboxylic acids is 2. The van der Waals surface area contributed by atoms with Crippen LogP contribution in [0.3, 0.4) is 0 Å². The van der Waals surface area contributed by atoms with Gasteiger partial charge in [0, 0.05) is 14.7 Å². The molecule has 0 bridgehead atoms. The number of hydrogen-bond donors (Lipinski definition) is 1. The fraction of sp³-hybridized carbons (Fsp3) is 0.571. The molecule has 6 heteroatoms. The Kier molecular flexibility index (Phi) is 3.99. The van der Waals surface area contributed by atoms with Gasteiger partial charge < -0.3 is 10.2 Å². The van der Waals surface area contributed by atoms with E-state index in [1.807, 2.05) is 18.4 Å². The second-order valence-corrected chi connectivity index (χ2v) is 7.73. The molecule has 1 aromatic rings. The molecule has 20 heavy (non-hydrogen) atoms. The van der Waals surface area contributed by atoms with E-state index in [1.54, 1.807) is 37.0 Å². The lowest BCUT2D eigenvalue weighted by molar-refractivity contribution is -0.161. The minimum atomic E-state index is -0.831. The molecule has 0 aromatic carbocycles. The maximum absolute atomic E-state index is 12.8. The summed E-state index contributed by atoms with van der Waals surface area (Å²) in [5.41, 5.74) is -1.64. The Morgan fingerprint density at radius 2 is 2.00 bits per heavy atom. The molecule has 1 aliphatic rings. The topological polar surface area (TPSA) is 49.4 Å². The van der Waals surface area contributed by atoms with Gasteiger partial charge in [0.05, 0.1) is 6.54 Å². The lowest BCUT2D eigenvalue weighted by Crippen LogP contribution is -2.72.